The van der Waals surface area contributed by atoms with Crippen molar-refractivity contribution in [1.82, 2.24) is 15.2 Å². The highest BCUT2D eigenvalue weighted by molar-refractivity contribution is 5.99. The molecule has 4 rings (SSSR count). The summed E-state index contributed by atoms with van der Waals surface area (Å²) in [5.74, 6) is 0.0895. The lowest BCUT2D eigenvalue weighted by atomic mass is 9.94. The molecule has 0 atom stereocenters. The molecule has 1 aliphatic carbocycles. The summed E-state index contributed by atoms with van der Waals surface area (Å²) in [7, 11) is 2.19. The molecule has 0 unspecified atom stereocenters. The summed E-state index contributed by atoms with van der Waals surface area (Å²) in [5, 5.41) is 4.28. The second kappa shape index (κ2) is 9.48. The van der Waals surface area contributed by atoms with Crippen LogP contribution in [0.1, 0.15) is 43.2 Å². The van der Waals surface area contributed by atoms with Gasteiger partial charge in [0.15, 0.2) is 0 Å². The van der Waals surface area contributed by atoms with Crippen molar-refractivity contribution in [2.24, 2.45) is 0 Å². The number of benzene rings is 2. The van der Waals surface area contributed by atoms with E-state index in [4.69, 9.17) is 0 Å². The van der Waals surface area contributed by atoms with Crippen molar-refractivity contribution < 1.29 is 4.79 Å². The molecule has 2 N–H and O–H groups in total. The lowest BCUT2D eigenvalue weighted by Gasteiger charge is -2.31. The average Bonchev–Trinajstić information content (AvgIpc) is 3.18. The van der Waals surface area contributed by atoms with E-state index < -0.39 is 0 Å². The van der Waals surface area contributed by atoms with Gasteiger partial charge in [0.1, 0.15) is 0 Å². The van der Waals surface area contributed by atoms with Crippen LogP contribution in [0.4, 0.5) is 0 Å². The fourth-order valence-electron chi connectivity index (χ4n) is 4.68. The first-order valence-electron chi connectivity index (χ1n) is 11.2. The number of hydrogen-bond acceptors (Lipinski definition) is 2. The molecular weight excluding hydrogens is 370 g/mol. The zero-order chi connectivity index (χ0) is 20.9. The van der Waals surface area contributed by atoms with Crippen molar-refractivity contribution in [1.29, 1.82) is 0 Å². The van der Waals surface area contributed by atoms with Crippen LogP contribution in [-0.4, -0.2) is 42.0 Å². The molecule has 0 aliphatic heterocycles. The van der Waals surface area contributed by atoms with Crippen molar-refractivity contribution in [3.8, 4) is 11.1 Å². The Bertz CT molecular complexity index is 983. The summed E-state index contributed by atoms with van der Waals surface area (Å²) in [6, 6.07) is 15.5. The minimum absolute atomic E-state index is 0.0895. The first-order valence-corrected chi connectivity index (χ1v) is 11.2. The first kappa shape index (κ1) is 20.7. The number of fused-ring (bicyclic) bond motifs is 1. The Kier molecular flexibility index (Phi) is 6.53. The van der Waals surface area contributed by atoms with Gasteiger partial charge >= 0.3 is 0 Å². The maximum atomic E-state index is 12.7. The van der Waals surface area contributed by atoms with Gasteiger partial charge in [-0.1, -0.05) is 61.2 Å². The minimum atomic E-state index is 0.0895. The number of carbonyl (C=O) groups excluding carboxylic acids is 1. The minimum Gasteiger partial charge on any atom is -0.361 e. The third kappa shape index (κ3) is 4.76. The van der Waals surface area contributed by atoms with E-state index in [2.05, 4.69) is 71.6 Å². The predicted octanol–water partition coefficient (Wildman–Crippen LogP) is 5.07. The van der Waals surface area contributed by atoms with E-state index >= 15 is 0 Å². The Labute approximate surface area is 179 Å². The van der Waals surface area contributed by atoms with Crippen molar-refractivity contribution in [2.75, 3.05) is 20.1 Å². The quantitative estimate of drug-likeness (QED) is 0.579. The van der Waals surface area contributed by atoms with E-state index in [0.29, 0.717) is 19.0 Å². The number of hydrogen-bond donors (Lipinski definition) is 2. The van der Waals surface area contributed by atoms with E-state index in [1.54, 1.807) is 0 Å². The summed E-state index contributed by atoms with van der Waals surface area (Å²) in [6.07, 6.45) is 9.02. The van der Waals surface area contributed by atoms with Crippen LogP contribution in [0.15, 0.2) is 48.7 Å². The average molecular weight is 404 g/mol. The summed E-state index contributed by atoms with van der Waals surface area (Å²) in [5.41, 5.74) is 5.74. The standard InChI is InChI=1S/C26H33N3O/c1-19-11-13-20(14-12-19)23-9-6-10-24-26(23)21(18-28-24)17-25(30)27-15-16-29(2)22-7-4-3-5-8-22/h6,9-14,18,22,28H,3-5,7-8,15-17H2,1-2H3,(H,27,30). The fraction of sp³-hybridized carbons (Fsp3) is 0.423. The Balaban J connectivity index is 1.41. The van der Waals surface area contributed by atoms with Crippen LogP contribution in [0.25, 0.3) is 22.0 Å². The topological polar surface area (TPSA) is 48.1 Å². The second-order valence-electron chi connectivity index (χ2n) is 8.71. The lowest BCUT2D eigenvalue weighted by molar-refractivity contribution is -0.120. The van der Waals surface area contributed by atoms with Crippen molar-refractivity contribution in [2.45, 2.75) is 51.5 Å². The fourth-order valence-corrected chi connectivity index (χ4v) is 4.68. The van der Waals surface area contributed by atoms with Crippen LogP contribution in [0.2, 0.25) is 0 Å². The molecule has 1 heterocycles. The molecule has 1 saturated carbocycles. The van der Waals surface area contributed by atoms with Gasteiger partial charge in [0.25, 0.3) is 0 Å². The lowest BCUT2D eigenvalue weighted by Crippen LogP contribution is -2.39. The third-order valence-electron chi connectivity index (χ3n) is 6.49. The number of nitrogens with zero attached hydrogens (tertiary/aromatic N) is 1. The van der Waals surface area contributed by atoms with Crippen LogP contribution < -0.4 is 5.32 Å². The molecule has 0 radical (unpaired) electrons. The highest BCUT2D eigenvalue weighted by atomic mass is 16.1. The molecule has 0 saturated heterocycles. The van der Waals surface area contributed by atoms with Crippen LogP contribution in [0, 0.1) is 6.92 Å². The van der Waals surface area contributed by atoms with Crippen LogP contribution >= 0.6 is 0 Å². The molecule has 4 nitrogen and oxygen atoms in total. The SMILES string of the molecule is Cc1ccc(-c2cccc3[nH]cc(CC(=O)NCCN(C)C4CCCCC4)c23)cc1. The largest absolute Gasteiger partial charge is 0.361 e. The predicted molar refractivity (Wildman–Crippen MR) is 125 cm³/mol. The molecule has 30 heavy (non-hydrogen) atoms. The normalized spacial score (nSPS) is 15.0. The van der Waals surface area contributed by atoms with E-state index in [1.165, 1.54) is 48.8 Å². The molecule has 0 bridgehead atoms. The van der Waals surface area contributed by atoms with E-state index in [0.717, 1.165) is 23.0 Å². The molecule has 1 fully saturated rings. The van der Waals surface area contributed by atoms with Gasteiger partial charge in [-0.3, -0.25) is 4.79 Å². The van der Waals surface area contributed by atoms with Gasteiger partial charge < -0.3 is 15.2 Å². The maximum absolute atomic E-state index is 12.7. The van der Waals surface area contributed by atoms with Crippen molar-refractivity contribution in [3.05, 3.63) is 59.8 Å². The molecule has 1 aliphatic rings. The number of likely N-dealkylation sites (N-methyl/N-ethyl adjacent to an activating group) is 1. The summed E-state index contributed by atoms with van der Waals surface area (Å²) in [4.78, 5) is 18.4. The Morgan fingerprint density at radius 1 is 1.10 bits per heavy atom. The van der Waals surface area contributed by atoms with E-state index in [-0.39, 0.29) is 5.91 Å². The summed E-state index contributed by atoms with van der Waals surface area (Å²) >= 11 is 0. The number of carbonyl (C=O) groups is 1. The number of amides is 1. The first-order chi connectivity index (χ1) is 14.6. The summed E-state index contributed by atoms with van der Waals surface area (Å²) in [6.45, 7) is 3.72. The van der Waals surface area contributed by atoms with E-state index in [1.807, 2.05) is 6.20 Å². The highest BCUT2D eigenvalue weighted by Gasteiger charge is 2.18. The molecule has 1 aromatic heterocycles. The van der Waals surface area contributed by atoms with Crippen molar-refractivity contribution >= 4 is 16.8 Å². The smallest absolute Gasteiger partial charge is 0.224 e. The Morgan fingerprint density at radius 2 is 1.87 bits per heavy atom. The van der Waals surface area contributed by atoms with Gasteiger partial charge in [-0.2, -0.15) is 0 Å². The van der Waals surface area contributed by atoms with Gasteiger partial charge in [0.05, 0.1) is 6.42 Å². The monoisotopic (exact) mass is 403 g/mol. The van der Waals surface area contributed by atoms with Crippen LogP contribution in [-0.2, 0) is 11.2 Å². The number of rotatable bonds is 7. The molecule has 0 spiro atoms. The maximum Gasteiger partial charge on any atom is 0.224 e. The molecule has 1 amide bonds. The highest BCUT2D eigenvalue weighted by Crippen LogP contribution is 2.31. The Hall–Kier alpha value is -2.59. The number of H-pyrrole nitrogens is 1. The molecule has 4 heteroatoms. The second-order valence-corrected chi connectivity index (χ2v) is 8.71. The van der Waals surface area contributed by atoms with E-state index in [9.17, 15) is 4.79 Å². The number of aromatic amines is 1. The zero-order valence-electron chi connectivity index (χ0n) is 18.2. The van der Waals surface area contributed by atoms with Crippen molar-refractivity contribution in [3.63, 3.8) is 0 Å². The van der Waals surface area contributed by atoms with Gasteiger partial charge in [-0.15, -0.1) is 0 Å². The third-order valence-corrected chi connectivity index (χ3v) is 6.49. The molecule has 3 aromatic rings. The molecular formula is C26H33N3O. The molecule has 2 aromatic carbocycles. The zero-order valence-corrected chi connectivity index (χ0v) is 18.2. The van der Waals surface area contributed by atoms with Crippen LogP contribution in [0.3, 0.4) is 0 Å². The molecule has 158 valence electrons. The number of nitrogens with one attached hydrogen (secondary N) is 2. The number of aromatic nitrogens is 1. The Morgan fingerprint density at radius 3 is 2.63 bits per heavy atom. The van der Waals surface area contributed by atoms with Gasteiger partial charge in [0.2, 0.25) is 5.91 Å². The number of aryl methyl sites for hydroxylation is 1. The summed E-state index contributed by atoms with van der Waals surface area (Å²) < 4.78 is 0. The van der Waals surface area contributed by atoms with Gasteiger partial charge in [-0.25, -0.2) is 0 Å². The van der Waals surface area contributed by atoms with Gasteiger partial charge in [0, 0.05) is 36.2 Å². The van der Waals surface area contributed by atoms with Crippen LogP contribution in [0.5, 0.6) is 0 Å². The van der Waals surface area contributed by atoms with Gasteiger partial charge in [-0.05, 0) is 49.6 Å².